The molecule has 0 bridgehead atoms. The highest BCUT2D eigenvalue weighted by molar-refractivity contribution is 6.29. The number of nitrogens with zero attached hydrogens (tertiary/aromatic N) is 2. The van der Waals surface area contributed by atoms with Gasteiger partial charge in [-0.1, -0.05) is 24.9 Å². The molecule has 0 saturated carbocycles. The molecule has 1 amide bonds. The second-order valence-electron chi connectivity index (χ2n) is 3.39. The number of carbonyl (C=O) groups is 2. The zero-order chi connectivity index (χ0) is 12.8. The summed E-state index contributed by atoms with van der Waals surface area (Å²) in [6.45, 7) is 1.84. The summed E-state index contributed by atoms with van der Waals surface area (Å²) in [7, 11) is 0. The maximum atomic E-state index is 11.6. The SMILES string of the molecule is CCC[C@@H](NC(=O)c1ccc(Cl)nn1)C(=O)O. The number of carboxylic acids is 1. The Hall–Kier alpha value is -1.69. The van der Waals surface area contributed by atoms with Crippen molar-refractivity contribution in [3.05, 3.63) is 23.0 Å². The van der Waals surface area contributed by atoms with Gasteiger partial charge in [0.25, 0.3) is 5.91 Å². The zero-order valence-corrected chi connectivity index (χ0v) is 9.94. The Labute approximate surface area is 103 Å². The number of aromatic nitrogens is 2. The first-order valence-corrected chi connectivity index (χ1v) is 5.45. The van der Waals surface area contributed by atoms with Gasteiger partial charge < -0.3 is 10.4 Å². The normalized spacial score (nSPS) is 11.9. The van der Waals surface area contributed by atoms with Crippen molar-refractivity contribution in [2.24, 2.45) is 0 Å². The van der Waals surface area contributed by atoms with Gasteiger partial charge >= 0.3 is 5.97 Å². The maximum absolute atomic E-state index is 11.6. The number of halogens is 1. The van der Waals surface area contributed by atoms with Crippen molar-refractivity contribution in [3.8, 4) is 0 Å². The van der Waals surface area contributed by atoms with Crippen LogP contribution in [0.3, 0.4) is 0 Å². The van der Waals surface area contributed by atoms with Crippen molar-refractivity contribution < 1.29 is 14.7 Å². The number of hydrogen-bond donors (Lipinski definition) is 2. The van der Waals surface area contributed by atoms with E-state index in [4.69, 9.17) is 16.7 Å². The third kappa shape index (κ3) is 3.99. The molecule has 92 valence electrons. The largest absolute Gasteiger partial charge is 0.480 e. The first-order chi connectivity index (χ1) is 8.04. The molecule has 0 aromatic carbocycles. The van der Waals surface area contributed by atoms with E-state index in [0.29, 0.717) is 12.8 Å². The van der Waals surface area contributed by atoms with Crippen molar-refractivity contribution in [2.75, 3.05) is 0 Å². The third-order valence-corrected chi connectivity index (χ3v) is 2.25. The van der Waals surface area contributed by atoms with Crippen molar-refractivity contribution in [1.82, 2.24) is 15.5 Å². The van der Waals surface area contributed by atoms with E-state index >= 15 is 0 Å². The summed E-state index contributed by atoms with van der Waals surface area (Å²) in [5, 5.41) is 18.5. The van der Waals surface area contributed by atoms with E-state index in [2.05, 4.69) is 15.5 Å². The number of rotatable bonds is 5. The van der Waals surface area contributed by atoms with Crippen LogP contribution in [-0.2, 0) is 4.79 Å². The van der Waals surface area contributed by atoms with Gasteiger partial charge in [0.05, 0.1) is 0 Å². The second kappa shape index (κ2) is 6.15. The Kier molecular flexibility index (Phi) is 4.84. The molecule has 0 fully saturated rings. The van der Waals surface area contributed by atoms with Gasteiger partial charge in [0.15, 0.2) is 10.8 Å². The lowest BCUT2D eigenvalue weighted by molar-refractivity contribution is -0.139. The molecule has 0 aliphatic heterocycles. The van der Waals surface area contributed by atoms with Crippen molar-refractivity contribution in [3.63, 3.8) is 0 Å². The molecule has 1 aromatic rings. The first kappa shape index (κ1) is 13.4. The fraction of sp³-hybridized carbons (Fsp3) is 0.400. The summed E-state index contributed by atoms with van der Waals surface area (Å²) in [6, 6.07) is 1.89. The molecule has 0 spiro atoms. The van der Waals surface area contributed by atoms with Crippen LogP contribution < -0.4 is 5.32 Å². The molecule has 6 nitrogen and oxygen atoms in total. The van der Waals surface area contributed by atoms with Gasteiger partial charge in [-0.3, -0.25) is 4.79 Å². The molecule has 1 atom stereocenters. The quantitative estimate of drug-likeness (QED) is 0.824. The van der Waals surface area contributed by atoms with Gasteiger partial charge in [-0.05, 0) is 18.6 Å². The molecule has 17 heavy (non-hydrogen) atoms. The van der Waals surface area contributed by atoms with Crippen LogP contribution in [0.15, 0.2) is 12.1 Å². The molecular weight excluding hydrogens is 246 g/mol. The number of carbonyl (C=O) groups excluding carboxylic acids is 1. The fourth-order valence-corrected chi connectivity index (χ4v) is 1.32. The van der Waals surface area contributed by atoms with E-state index in [9.17, 15) is 9.59 Å². The molecule has 1 aromatic heterocycles. The molecule has 0 radical (unpaired) electrons. The van der Waals surface area contributed by atoms with Crippen molar-refractivity contribution in [2.45, 2.75) is 25.8 Å². The average molecular weight is 258 g/mol. The Morgan fingerprint density at radius 2 is 2.18 bits per heavy atom. The van der Waals surface area contributed by atoms with Crippen molar-refractivity contribution >= 4 is 23.5 Å². The average Bonchev–Trinajstić information content (AvgIpc) is 2.29. The van der Waals surface area contributed by atoms with Crippen LogP contribution in [0.25, 0.3) is 0 Å². The minimum absolute atomic E-state index is 0.0387. The van der Waals surface area contributed by atoms with E-state index in [0.717, 1.165) is 0 Å². The van der Waals surface area contributed by atoms with Crippen LogP contribution >= 0.6 is 11.6 Å². The summed E-state index contributed by atoms with van der Waals surface area (Å²) < 4.78 is 0. The predicted octanol–water partition coefficient (Wildman–Crippen LogP) is 1.11. The second-order valence-corrected chi connectivity index (χ2v) is 3.78. The third-order valence-electron chi connectivity index (χ3n) is 2.05. The highest BCUT2D eigenvalue weighted by Gasteiger charge is 2.20. The summed E-state index contributed by atoms with van der Waals surface area (Å²) in [6.07, 6.45) is 1.02. The van der Waals surface area contributed by atoms with Crippen LogP contribution in [0, 0.1) is 0 Å². The lowest BCUT2D eigenvalue weighted by atomic mass is 10.1. The van der Waals surface area contributed by atoms with Crippen molar-refractivity contribution in [1.29, 1.82) is 0 Å². The van der Waals surface area contributed by atoms with E-state index < -0.39 is 17.9 Å². The van der Waals surface area contributed by atoms with E-state index in [-0.39, 0.29) is 10.8 Å². The predicted molar refractivity (Wildman–Crippen MR) is 60.8 cm³/mol. The Morgan fingerprint density at radius 3 is 2.65 bits per heavy atom. The van der Waals surface area contributed by atoms with Crippen LogP contribution in [0.1, 0.15) is 30.3 Å². The maximum Gasteiger partial charge on any atom is 0.326 e. The minimum atomic E-state index is -1.07. The van der Waals surface area contributed by atoms with E-state index in [1.807, 2.05) is 6.92 Å². The zero-order valence-electron chi connectivity index (χ0n) is 9.18. The number of amides is 1. The standard InChI is InChI=1S/C10H12ClN3O3/c1-2-3-7(10(16)17)12-9(15)6-4-5-8(11)14-13-6/h4-5,7H,2-3H2,1H3,(H,12,15)(H,16,17)/t7-/m1/s1. The molecule has 0 aliphatic rings. The fourth-order valence-electron chi connectivity index (χ4n) is 1.22. The first-order valence-electron chi connectivity index (χ1n) is 5.07. The summed E-state index contributed by atoms with van der Waals surface area (Å²) in [5.41, 5.74) is 0.0387. The van der Waals surface area contributed by atoms with Crippen LogP contribution in [0.5, 0.6) is 0 Å². The molecule has 7 heteroatoms. The smallest absolute Gasteiger partial charge is 0.326 e. The lowest BCUT2D eigenvalue weighted by Gasteiger charge is -2.12. The number of nitrogens with one attached hydrogen (secondary N) is 1. The topological polar surface area (TPSA) is 92.2 Å². The van der Waals surface area contributed by atoms with Crippen LogP contribution in [0.4, 0.5) is 0 Å². The monoisotopic (exact) mass is 257 g/mol. The Balaban J connectivity index is 2.70. The highest BCUT2D eigenvalue weighted by atomic mass is 35.5. The van der Waals surface area contributed by atoms with Gasteiger partial charge in [-0.25, -0.2) is 4.79 Å². The Bertz CT molecular complexity index is 408. The van der Waals surface area contributed by atoms with Gasteiger partial charge in [0, 0.05) is 0 Å². The van der Waals surface area contributed by atoms with E-state index in [1.165, 1.54) is 12.1 Å². The summed E-state index contributed by atoms with van der Waals surface area (Å²) >= 11 is 5.52. The molecule has 2 N–H and O–H groups in total. The van der Waals surface area contributed by atoms with Gasteiger partial charge in [0.2, 0.25) is 0 Å². The molecule has 1 rings (SSSR count). The van der Waals surface area contributed by atoms with Gasteiger partial charge in [0.1, 0.15) is 6.04 Å². The number of carboxylic acid groups (broad SMARTS) is 1. The lowest BCUT2D eigenvalue weighted by Crippen LogP contribution is -2.41. The summed E-state index contributed by atoms with van der Waals surface area (Å²) in [4.78, 5) is 22.5. The molecule has 0 saturated heterocycles. The Morgan fingerprint density at radius 1 is 1.47 bits per heavy atom. The summed E-state index contributed by atoms with van der Waals surface area (Å²) in [5.74, 6) is -1.64. The number of hydrogen-bond acceptors (Lipinski definition) is 4. The van der Waals surface area contributed by atoms with Crippen LogP contribution in [-0.4, -0.2) is 33.2 Å². The van der Waals surface area contributed by atoms with Gasteiger partial charge in [-0.2, -0.15) is 0 Å². The molecule has 0 unspecified atom stereocenters. The van der Waals surface area contributed by atoms with Crippen LogP contribution in [0.2, 0.25) is 5.15 Å². The minimum Gasteiger partial charge on any atom is -0.480 e. The molecular formula is C10H12ClN3O3. The van der Waals surface area contributed by atoms with E-state index in [1.54, 1.807) is 0 Å². The number of aliphatic carboxylic acids is 1. The highest BCUT2D eigenvalue weighted by Crippen LogP contribution is 2.03. The molecule has 0 aliphatic carbocycles. The van der Waals surface area contributed by atoms with Gasteiger partial charge in [-0.15, -0.1) is 10.2 Å². The molecule has 1 heterocycles.